The SMILES string of the molecule is O=[N+]([O-])c1cnc2ccccc2c1S(=O)(=O)Cc1ccccc1. The van der Waals surface area contributed by atoms with Gasteiger partial charge in [0.1, 0.15) is 6.20 Å². The zero-order chi connectivity index (χ0) is 16.4. The van der Waals surface area contributed by atoms with Crippen LogP contribution >= 0.6 is 0 Å². The van der Waals surface area contributed by atoms with Crippen LogP contribution in [0.4, 0.5) is 5.69 Å². The van der Waals surface area contributed by atoms with Crippen molar-refractivity contribution in [1.29, 1.82) is 0 Å². The van der Waals surface area contributed by atoms with E-state index < -0.39 is 20.4 Å². The van der Waals surface area contributed by atoms with Gasteiger partial charge in [0.05, 0.1) is 16.2 Å². The quantitative estimate of drug-likeness (QED) is 0.542. The summed E-state index contributed by atoms with van der Waals surface area (Å²) < 4.78 is 25.6. The molecule has 0 aliphatic rings. The molecule has 116 valence electrons. The van der Waals surface area contributed by atoms with Crippen LogP contribution in [0, 0.1) is 10.1 Å². The summed E-state index contributed by atoms with van der Waals surface area (Å²) >= 11 is 0. The van der Waals surface area contributed by atoms with Crippen LogP contribution in [-0.2, 0) is 15.6 Å². The summed E-state index contributed by atoms with van der Waals surface area (Å²) in [7, 11) is -3.90. The van der Waals surface area contributed by atoms with E-state index in [9.17, 15) is 18.5 Å². The first-order valence-electron chi connectivity index (χ1n) is 6.78. The molecule has 0 saturated heterocycles. The number of benzene rings is 2. The number of nitro groups is 1. The van der Waals surface area contributed by atoms with E-state index in [4.69, 9.17) is 0 Å². The summed E-state index contributed by atoms with van der Waals surface area (Å²) in [6.45, 7) is 0. The topological polar surface area (TPSA) is 90.2 Å². The predicted molar refractivity (Wildman–Crippen MR) is 85.7 cm³/mol. The molecule has 0 spiro atoms. The van der Waals surface area contributed by atoms with Crippen LogP contribution in [0.2, 0.25) is 0 Å². The van der Waals surface area contributed by atoms with Crippen molar-refractivity contribution in [2.75, 3.05) is 0 Å². The monoisotopic (exact) mass is 328 g/mol. The number of hydrogen-bond donors (Lipinski definition) is 0. The number of sulfone groups is 1. The maximum Gasteiger partial charge on any atom is 0.306 e. The minimum absolute atomic E-state index is 0.262. The van der Waals surface area contributed by atoms with Crippen molar-refractivity contribution in [3.05, 3.63) is 76.5 Å². The van der Waals surface area contributed by atoms with Crippen molar-refractivity contribution >= 4 is 26.4 Å². The van der Waals surface area contributed by atoms with Crippen molar-refractivity contribution in [2.45, 2.75) is 10.6 Å². The Bertz CT molecular complexity index is 985. The van der Waals surface area contributed by atoms with Crippen LogP contribution in [0.5, 0.6) is 0 Å². The molecule has 0 unspecified atom stereocenters. The number of aromatic nitrogens is 1. The van der Waals surface area contributed by atoms with Crippen molar-refractivity contribution in [3.8, 4) is 0 Å². The molecule has 7 heteroatoms. The standard InChI is InChI=1S/C16H12N2O4S/c19-18(20)15-10-17-14-9-5-4-8-13(14)16(15)23(21,22)11-12-6-2-1-3-7-12/h1-10H,11H2. The molecule has 0 N–H and O–H groups in total. The minimum atomic E-state index is -3.90. The van der Waals surface area contributed by atoms with E-state index in [1.807, 2.05) is 0 Å². The van der Waals surface area contributed by atoms with E-state index in [0.29, 0.717) is 11.1 Å². The Morgan fingerprint density at radius 2 is 1.65 bits per heavy atom. The lowest BCUT2D eigenvalue weighted by Crippen LogP contribution is -2.09. The van der Waals surface area contributed by atoms with Crippen LogP contribution < -0.4 is 0 Å². The van der Waals surface area contributed by atoms with Crippen molar-refractivity contribution in [3.63, 3.8) is 0 Å². The first kappa shape index (κ1) is 15.1. The number of nitrogens with zero attached hydrogens (tertiary/aromatic N) is 2. The first-order valence-corrected chi connectivity index (χ1v) is 8.43. The Kier molecular flexibility index (Phi) is 3.79. The molecule has 0 fully saturated rings. The van der Waals surface area contributed by atoms with Crippen molar-refractivity contribution in [1.82, 2.24) is 4.98 Å². The molecular weight excluding hydrogens is 316 g/mol. The molecule has 0 saturated carbocycles. The molecule has 2 aromatic carbocycles. The minimum Gasteiger partial charge on any atom is -0.258 e. The third-order valence-corrected chi connectivity index (χ3v) is 5.18. The van der Waals surface area contributed by atoms with Gasteiger partial charge in [0, 0.05) is 5.39 Å². The van der Waals surface area contributed by atoms with Gasteiger partial charge in [0.2, 0.25) is 0 Å². The second kappa shape index (κ2) is 5.77. The Balaban J connectivity index is 2.24. The maximum absolute atomic E-state index is 12.8. The number of fused-ring (bicyclic) bond motifs is 1. The van der Waals surface area contributed by atoms with Crippen molar-refractivity contribution < 1.29 is 13.3 Å². The summed E-state index contributed by atoms with van der Waals surface area (Å²) in [4.78, 5) is 14.3. The van der Waals surface area contributed by atoms with E-state index >= 15 is 0 Å². The fourth-order valence-corrected chi connectivity index (χ4v) is 4.16. The number of pyridine rings is 1. The first-order chi connectivity index (χ1) is 11.0. The van der Waals surface area contributed by atoms with Crippen LogP contribution in [0.15, 0.2) is 65.7 Å². The van der Waals surface area contributed by atoms with Gasteiger partial charge in [-0.25, -0.2) is 13.4 Å². The second-order valence-corrected chi connectivity index (χ2v) is 6.92. The highest BCUT2D eigenvalue weighted by molar-refractivity contribution is 7.91. The molecule has 0 bridgehead atoms. The normalized spacial score (nSPS) is 11.5. The summed E-state index contributed by atoms with van der Waals surface area (Å²) in [5, 5.41) is 11.5. The van der Waals surface area contributed by atoms with Gasteiger partial charge in [-0.05, 0) is 11.6 Å². The molecule has 0 atom stereocenters. The fraction of sp³-hybridized carbons (Fsp3) is 0.0625. The van der Waals surface area contributed by atoms with Crippen molar-refractivity contribution in [2.24, 2.45) is 0 Å². The van der Waals surface area contributed by atoms with Gasteiger partial charge in [-0.15, -0.1) is 0 Å². The van der Waals surface area contributed by atoms with E-state index in [1.165, 1.54) is 6.07 Å². The number of para-hydroxylation sites is 1. The Morgan fingerprint density at radius 1 is 1.00 bits per heavy atom. The molecule has 0 radical (unpaired) electrons. The Labute approximate surface area is 132 Å². The largest absolute Gasteiger partial charge is 0.306 e. The van der Waals surface area contributed by atoms with Crippen LogP contribution in [0.3, 0.4) is 0 Å². The van der Waals surface area contributed by atoms with E-state index in [2.05, 4.69) is 4.98 Å². The second-order valence-electron chi connectivity index (χ2n) is 4.99. The van der Waals surface area contributed by atoms with E-state index in [1.54, 1.807) is 48.5 Å². The average Bonchev–Trinajstić information content (AvgIpc) is 2.54. The third-order valence-electron chi connectivity index (χ3n) is 3.41. The van der Waals surface area contributed by atoms with Gasteiger partial charge in [-0.3, -0.25) is 10.1 Å². The highest BCUT2D eigenvalue weighted by atomic mass is 32.2. The van der Waals surface area contributed by atoms with Gasteiger partial charge in [0.15, 0.2) is 14.7 Å². The van der Waals surface area contributed by atoms with Gasteiger partial charge >= 0.3 is 5.69 Å². The molecule has 0 amide bonds. The number of hydrogen-bond acceptors (Lipinski definition) is 5. The Hall–Kier alpha value is -2.80. The lowest BCUT2D eigenvalue weighted by Gasteiger charge is -2.08. The van der Waals surface area contributed by atoms with Crippen LogP contribution in [0.1, 0.15) is 5.56 Å². The summed E-state index contributed by atoms with van der Waals surface area (Å²) in [6, 6.07) is 15.1. The van der Waals surface area contributed by atoms with Gasteiger partial charge in [-0.1, -0.05) is 48.5 Å². The van der Waals surface area contributed by atoms with Crippen LogP contribution in [0.25, 0.3) is 10.9 Å². The molecule has 0 aliphatic heterocycles. The molecule has 0 aliphatic carbocycles. The summed E-state index contributed by atoms with van der Waals surface area (Å²) in [6.07, 6.45) is 1.00. The smallest absolute Gasteiger partial charge is 0.258 e. The highest BCUT2D eigenvalue weighted by Gasteiger charge is 2.29. The molecular formula is C16H12N2O4S. The summed E-state index contributed by atoms with van der Waals surface area (Å²) in [5.74, 6) is -0.303. The van der Waals surface area contributed by atoms with E-state index in [-0.39, 0.29) is 16.0 Å². The molecule has 1 heterocycles. The van der Waals surface area contributed by atoms with Gasteiger partial charge in [0.25, 0.3) is 0 Å². The summed E-state index contributed by atoms with van der Waals surface area (Å²) in [5.41, 5.74) is 0.479. The fourth-order valence-electron chi connectivity index (χ4n) is 2.43. The lowest BCUT2D eigenvalue weighted by molar-refractivity contribution is -0.387. The molecule has 3 aromatic rings. The van der Waals surface area contributed by atoms with Gasteiger partial charge < -0.3 is 0 Å². The zero-order valence-electron chi connectivity index (χ0n) is 11.9. The van der Waals surface area contributed by atoms with Gasteiger partial charge in [-0.2, -0.15) is 0 Å². The third kappa shape index (κ3) is 2.91. The molecule has 6 nitrogen and oxygen atoms in total. The van der Waals surface area contributed by atoms with Crippen LogP contribution in [-0.4, -0.2) is 18.3 Å². The Morgan fingerprint density at radius 3 is 2.35 bits per heavy atom. The molecule has 3 rings (SSSR count). The maximum atomic E-state index is 12.8. The molecule has 23 heavy (non-hydrogen) atoms. The average molecular weight is 328 g/mol. The molecule has 1 aromatic heterocycles. The number of rotatable bonds is 4. The zero-order valence-corrected chi connectivity index (χ0v) is 12.7. The van der Waals surface area contributed by atoms with E-state index in [0.717, 1.165) is 6.20 Å². The highest BCUT2D eigenvalue weighted by Crippen LogP contribution is 2.32. The lowest BCUT2D eigenvalue weighted by atomic mass is 10.2. The predicted octanol–water partition coefficient (Wildman–Crippen LogP) is 3.12.